The molecular weight excluding hydrogens is 478 g/mol. The van der Waals surface area contributed by atoms with Crippen LogP contribution in [-0.2, 0) is 11.0 Å². The second-order valence-corrected chi connectivity index (χ2v) is 9.12. The molecule has 0 bridgehead atoms. The lowest BCUT2D eigenvalue weighted by Crippen LogP contribution is -2.47. The van der Waals surface area contributed by atoms with Gasteiger partial charge in [0.1, 0.15) is 5.82 Å². The van der Waals surface area contributed by atoms with Crippen molar-refractivity contribution in [2.24, 2.45) is 0 Å². The van der Waals surface area contributed by atoms with Gasteiger partial charge in [0.25, 0.3) is 5.91 Å². The quantitative estimate of drug-likeness (QED) is 0.526. The molecule has 192 valence electrons. The average molecular weight is 506 g/mol. The molecule has 10 heteroatoms. The Bertz CT molecular complexity index is 1130. The molecule has 3 atom stereocenters. The minimum atomic E-state index is -4.57. The number of rotatable bonds is 6. The van der Waals surface area contributed by atoms with Crippen molar-refractivity contribution in [1.29, 1.82) is 0 Å². The molecule has 2 aliphatic rings. The number of halogens is 4. The maximum absolute atomic E-state index is 13.2. The zero-order chi connectivity index (χ0) is 25.9. The van der Waals surface area contributed by atoms with Gasteiger partial charge in [0, 0.05) is 24.7 Å². The Kier molecular flexibility index (Phi) is 7.75. The summed E-state index contributed by atoms with van der Waals surface area (Å²) in [6, 6.07) is 10.0. The molecule has 1 fully saturated rings. The average Bonchev–Trinajstić information content (AvgIpc) is 3.22. The van der Waals surface area contributed by atoms with Gasteiger partial charge in [-0.25, -0.2) is 4.39 Å². The molecule has 6 nitrogen and oxygen atoms in total. The molecule has 1 aliphatic carbocycles. The van der Waals surface area contributed by atoms with E-state index in [9.17, 15) is 32.3 Å². The van der Waals surface area contributed by atoms with Crippen LogP contribution in [0.2, 0.25) is 0 Å². The smallest absolute Gasteiger partial charge is 0.390 e. The maximum Gasteiger partial charge on any atom is 0.416 e. The van der Waals surface area contributed by atoms with E-state index in [1.54, 1.807) is 12.1 Å². The van der Waals surface area contributed by atoms with Crippen molar-refractivity contribution < 1.29 is 32.3 Å². The fraction of sp³-hybridized carbons (Fsp3) is 0.385. The molecule has 0 spiro atoms. The Morgan fingerprint density at radius 3 is 2.50 bits per heavy atom. The predicted octanol–water partition coefficient (Wildman–Crippen LogP) is 3.37. The summed E-state index contributed by atoms with van der Waals surface area (Å²) in [6.45, 7) is 0.413. The van der Waals surface area contributed by atoms with Crippen LogP contribution in [0.3, 0.4) is 0 Å². The standard InChI is InChI=1S/C26H27F4N3O3/c27-20-8-4-16(5-9-20)17-6-10-21(11-7-17)33-14-22(23(34)15-33)32-24(35)13-31-25(36)18-2-1-3-19(12-18)26(28,29)30/h1-6,8-9,12,21-23,34H,7,10-11,13-15H2,(H,31,36)(H,32,35). The highest BCUT2D eigenvalue weighted by molar-refractivity contribution is 5.96. The van der Waals surface area contributed by atoms with Crippen molar-refractivity contribution in [3.05, 3.63) is 77.1 Å². The van der Waals surface area contributed by atoms with E-state index in [-0.39, 0.29) is 17.4 Å². The van der Waals surface area contributed by atoms with Gasteiger partial charge in [-0.3, -0.25) is 14.5 Å². The van der Waals surface area contributed by atoms with Crippen molar-refractivity contribution in [3.63, 3.8) is 0 Å². The molecule has 4 rings (SSSR count). The summed E-state index contributed by atoms with van der Waals surface area (Å²) in [7, 11) is 0. The molecule has 2 aromatic rings. The van der Waals surface area contributed by atoms with Crippen molar-refractivity contribution in [2.45, 2.75) is 43.6 Å². The number of likely N-dealkylation sites (tertiary alicyclic amines) is 1. The molecule has 3 unspecified atom stereocenters. The van der Waals surface area contributed by atoms with Crippen molar-refractivity contribution in [3.8, 4) is 0 Å². The second kappa shape index (κ2) is 10.8. The molecule has 3 N–H and O–H groups in total. The van der Waals surface area contributed by atoms with E-state index >= 15 is 0 Å². The summed E-state index contributed by atoms with van der Waals surface area (Å²) < 4.78 is 51.7. The zero-order valence-corrected chi connectivity index (χ0v) is 19.4. The Hall–Kier alpha value is -3.24. The van der Waals surface area contributed by atoms with Gasteiger partial charge in [0.05, 0.1) is 24.3 Å². The van der Waals surface area contributed by atoms with E-state index in [1.807, 2.05) is 0 Å². The summed E-state index contributed by atoms with van der Waals surface area (Å²) in [5, 5.41) is 15.5. The van der Waals surface area contributed by atoms with Crippen LogP contribution in [0.1, 0.15) is 40.7 Å². The molecule has 1 saturated heterocycles. The molecule has 36 heavy (non-hydrogen) atoms. The number of carbonyl (C=O) groups is 2. The van der Waals surface area contributed by atoms with Gasteiger partial charge in [-0.05, 0) is 60.7 Å². The van der Waals surface area contributed by atoms with E-state index in [0.717, 1.165) is 48.6 Å². The number of nitrogens with one attached hydrogen (secondary N) is 2. The third kappa shape index (κ3) is 6.30. The molecule has 1 aliphatic heterocycles. The largest absolute Gasteiger partial charge is 0.416 e. The van der Waals surface area contributed by atoms with Crippen LogP contribution in [0, 0.1) is 5.82 Å². The SMILES string of the molecule is O=C(CNC(=O)c1cccc(C(F)(F)F)c1)NC1CN(C2CC=C(c3ccc(F)cc3)CC2)CC1O. The highest BCUT2D eigenvalue weighted by atomic mass is 19.4. The Morgan fingerprint density at radius 1 is 1.08 bits per heavy atom. The van der Waals surface area contributed by atoms with E-state index < -0.39 is 42.2 Å². The van der Waals surface area contributed by atoms with Crippen LogP contribution in [0.4, 0.5) is 17.6 Å². The Morgan fingerprint density at radius 2 is 1.83 bits per heavy atom. The van der Waals surface area contributed by atoms with Crippen LogP contribution in [0.25, 0.3) is 5.57 Å². The molecule has 0 aromatic heterocycles. The van der Waals surface area contributed by atoms with E-state index in [0.29, 0.717) is 13.1 Å². The molecule has 2 amide bonds. The number of hydrogen-bond donors (Lipinski definition) is 3. The number of amides is 2. The molecule has 1 heterocycles. The minimum Gasteiger partial charge on any atom is -0.390 e. The first-order chi connectivity index (χ1) is 17.1. The fourth-order valence-electron chi connectivity index (χ4n) is 4.69. The van der Waals surface area contributed by atoms with Gasteiger partial charge < -0.3 is 15.7 Å². The van der Waals surface area contributed by atoms with Crippen molar-refractivity contribution in [1.82, 2.24) is 15.5 Å². The number of β-amino-alcohol motifs (C(OH)–C–C–N with tert-alkyl or cyclic N) is 1. The lowest BCUT2D eigenvalue weighted by molar-refractivity contribution is -0.137. The highest BCUT2D eigenvalue weighted by Crippen LogP contribution is 2.31. The summed E-state index contributed by atoms with van der Waals surface area (Å²) in [6.07, 6.45) is -0.772. The van der Waals surface area contributed by atoms with Gasteiger partial charge in [-0.15, -0.1) is 0 Å². The second-order valence-electron chi connectivity index (χ2n) is 9.12. The van der Waals surface area contributed by atoms with E-state index in [1.165, 1.54) is 18.2 Å². The Labute approximate surface area is 206 Å². The number of aliphatic hydroxyl groups is 1. The van der Waals surface area contributed by atoms with Gasteiger partial charge in [-0.2, -0.15) is 13.2 Å². The van der Waals surface area contributed by atoms with Gasteiger partial charge in [0.2, 0.25) is 5.91 Å². The number of benzene rings is 2. The Balaban J connectivity index is 1.25. The number of carbonyl (C=O) groups excluding carboxylic acids is 2. The number of allylic oxidation sites excluding steroid dienone is 1. The number of alkyl halides is 3. The topological polar surface area (TPSA) is 81.7 Å². The number of hydrogen-bond acceptors (Lipinski definition) is 4. The van der Waals surface area contributed by atoms with Crippen molar-refractivity contribution in [2.75, 3.05) is 19.6 Å². The van der Waals surface area contributed by atoms with Crippen LogP contribution < -0.4 is 10.6 Å². The maximum atomic E-state index is 13.2. The summed E-state index contributed by atoms with van der Waals surface area (Å²) >= 11 is 0. The molecule has 0 radical (unpaired) electrons. The van der Waals surface area contributed by atoms with E-state index in [2.05, 4.69) is 21.6 Å². The zero-order valence-electron chi connectivity index (χ0n) is 19.4. The molecular formula is C26H27F4N3O3. The first kappa shape index (κ1) is 25.8. The molecule has 2 aromatic carbocycles. The van der Waals surface area contributed by atoms with Gasteiger partial charge >= 0.3 is 6.18 Å². The third-order valence-corrected chi connectivity index (χ3v) is 6.64. The minimum absolute atomic E-state index is 0.199. The van der Waals surface area contributed by atoms with Crippen LogP contribution in [0.15, 0.2) is 54.6 Å². The third-order valence-electron chi connectivity index (χ3n) is 6.64. The lowest BCUT2D eigenvalue weighted by atomic mass is 9.90. The molecule has 0 saturated carbocycles. The van der Waals surface area contributed by atoms with Gasteiger partial charge in [0.15, 0.2) is 0 Å². The van der Waals surface area contributed by atoms with Crippen LogP contribution >= 0.6 is 0 Å². The van der Waals surface area contributed by atoms with Crippen LogP contribution in [-0.4, -0.2) is 59.6 Å². The van der Waals surface area contributed by atoms with Crippen molar-refractivity contribution >= 4 is 17.4 Å². The monoisotopic (exact) mass is 505 g/mol. The predicted molar refractivity (Wildman–Crippen MR) is 125 cm³/mol. The fourth-order valence-corrected chi connectivity index (χ4v) is 4.69. The number of nitrogens with zero attached hydrogens (tertiary/aromatic N) is 1. The first-order valence-corrected chi connectivity index (χ1v) is 11.7. The summed E-state index contributed by atoms with van der Waals surface area (Å²) in [5.41, 5.74) is 1.01. The number of aliphatic hydroxyl groups excluding tert-OH is 1. The lowest BCUT2D eigenvalue weighted by Gasteiger charge is -2.30. The first-order valence-electron chi connectivity index (χ1n) is 11.7. The van der Waals surface area contributed by atoms with Gasteiger partial charge in [-0.1, -0.05) is 24.3 Å². The summed E-state index contributed by atoms with van der Waals surface area (Å²) in [5.74, 6) is -1.61. The summed E-state index contributed by atoms with van der Waals surface area (Å²) in [4.78, 5) is 26.7. The van der Waals surface area contributed by atoms with E-state index in [4.69, 9.17) is 0 Å². The van der Waals surface area contributed by atoms with Crippen LogP contribution in [0.5, 0.6) is 0 Å². The highest BCUT2D eigenvalue weighted by Gasteiger charge is 2.36. The normalized spacial score (nSPS) is 22.7.